The van der Waals surface area contributed by atoms with Crippen molar-refractivity contribution in [3.63, 3.8) is 0 Å². The molecule has 0 radical (unpaired) electrons. The third kappa shape index (κ3) is 7.52. The van der Waals surface area contributed by atoms with Crippen LogP contribution in [0.4, 0.5) is 24.8 Å². The summed E-state index contributed by atoms with van der Waals surface area (Å²) in [7, 11) is 3.37. The number of piperazine rings is 1. The van der Waals surface area contributed by atoms with E-state index >= 15 is 0 Å². The number of anilines is 2. The number of benzene rings is 2. The Morgan fingerprint density at radius 1 is 1.10 bits per heavy atom. The van der Waals surface area contributed by atoms with E-state index in [9.17, 15) is 18.0 Å². The highest BCUT2D eigenvalue weighted by Gasteiger charge is 2.39. The molecule has 2 aromatic carbocycles. The van der Waals surface area contributed by atoms with Crippen molar-refractivity contribution in [3.05, 3.63) is 59.8 Å². The zero-order valence-electron chi connectivity index (χ0n) is 21.5. The van der Waals surface area contributed by atoms with E-state index in [2.05, 4.69) is 20.2 Å². The van der Waals surface area contributed by atoms with Crippen LogP contribution in [0.5, 0.6) is 11.6 Å². The van der Waals surface area contributed by atoms with Crippen LogP contribution < -0.4 is 25.4 Å². The Balaban J connectivity index is 1.78. The molecule has 0 aliphatic carbocycles. The zero-order chi connectivity index (χ0) is 28.0. The fourth-order valence-corrected chi connectivity index (χ4v) is 4.87. The van der Waals surface area contributed by atoms with Gasteiger partial charge in [0, 0.05) is 42.8 Å². The summed E-state index contributed by atoms with van der Waals surface area (Å²) in [5.41, 5.74) is 5.38. The summed E-state index contributed by atoms with van der Waals surface area (Å²) >= 11 is 0.778. The van der Waals surface area contributed by atoms with Gasteiger partial charge in [0.15, 0.2) is 5.69 Å². The van der Waals surface area contributed by atoms with E-state index in [0.717, 1.165) is 17.3 Å². The fraction of sp³-hybridized carbons (Fsp3) is 0.346. The normalized spacial score (nSPS) is 14.3. The number of hydrogen-bond donors (Lipinski definition) is 2. The first-order chi connectivity index (χ1) is 18.7. The summed E-state index contributed by atoms with van der Waals surface area (Å²) in [6.45, 7) is 2.07. The molecule has 1 fully saturated rings. The summed E-state index contributed by atoms with van der Waals surface area (Å²) < 4.78 is 54.6. The first kappa shape index (κ1) is 28.5. The maximum Gasteiger partial charge on any atom is 0.434 e. The van der Waals surface area contributed by atoms with Crippen LogP contribution in [0.1, 0.15) is 11.3 Å². The molecule has 2 heterocycles. The molecule has 1 aliphatic heterocycles. The van der Waals surface area contributed by atoms with Gasteiger partial charge in [-0.25, -0.2) is 4.98 Å². The van der Waals surface area contributed by atoms with E-state index in [0.29, 0.717) is 42.5 Å². The molecule has 0 bridgehead atoms. The number of alkyl halides is 3. The van der Waals surface area contributed by atoms with E-state index in [1.165, 1.54) is 13.2 Å². The summed E-state index contributed by atoms with van der Waals surface area (Å²) in [4.78, 5) is 24.2. The second-order valence-electron chi connectivity index (χ2n) is 8.82. The minimum absolute atomic E-state index is 0.0147. The van der Waals surface area contributed by atoms with Gasteiger partial charge >= 0.3 is 6.18 Å². The van der Waals surface area contributed by atoms with Crippen molar-refractivity contribution in [2.45, 2.75) is 22.6 Å². The highest BCUT2D eigenvalue weighted by atomic mass is 32.2. The number of amides is 1. The van der Waals surface area contributed by atoms with Crippen molar-refractivity contribution in [2.24, 2.45) is 5.73 Å². The summed E-state index contributed by atoms with van der Waals surface area (Å²) in [5, 5.41) is 2.60. The van der Waals surface area contributed by atoms with Gasteiger partial charge in [-0.05, 0) is 24.7 Å². The summed E-state index contributed by atoms with van der Waals surface area (Å²) in [6.07, 6.45) is -4.78. The molecule has 0 unspecified atom stereocenters. The van der Waals surface area contributed by atoms with E-state index in [-0.39, 0.29) is 29.9 Å². The minimum atomic E-state index is -4.78. The number of halogens is 3. The molecule has 9 nitrogen and oxygen atoms in total. The van der Waals surface area contributed by atoms with Crippen LogP contribution in [0, 0.1) is 0 Å². The summed E-state index contributed by atoms with van der Waals surface area (Å²) in [5.74, 6) is -0.343. The molecule has 3 N–H and O–H groups in total. The molecule has 39 heavy (non-hydrogen) atoms. The average Bonchev–Trinajstić information content (AvgIpc) is 2.92. The van der Waals surface area contributed by atoms with Crippen molar-refractivity contribution < 1.29 is 27.4 Å². The Hall–Kier alpha value is -3.55. The molecule has 208 valence electrons. The maximum atomic E-state index is 14.5. The molecule has 0 spiro atoms. The Morgan fingerprint density at radius 2 is 1.82 bits per heavy atom. The number of nitrogens with one attached hydrogen (secondary N) is 1. The highest BCUT2D eigenvalue weighted by Crippen LogP contribution is 2.45. The quantitative estimate of drug-likeness (QED) is 0.402. The molecule has 0 saturated carbocycles. The van der Waals surface area contributed by atoms with Crippen LogP contribution in [-0.2, 0) is 17.6 Å². The second kappa shape index (κ2) is 12.5. The van der Waals surface area contributed by atoms with Crippen LogP contribution >= 0.6 is 11.8 Å². The Morgan fingerprint density at radius 3 is 2.46 bits per heavy atom. The van der Waals surface area contributed by atoms with Crippen molar-refractivity contribution in [1.82, 2.24) is 14.9 Å². The smallest absolute Gasteiger partial charge is 0.434 e. The molecular weight excluding hydrogens is 533 g/mol. The van der Waals surface area contributed by atoms with Crippen LogP contribution in [-0.4, -0.2) is 67.7 Å². The van der Waals surface area contributed by atoms with E-state index in [4.69, 9.17) is 15.2 Å². The van der Waals surface area contributed by atoms with Gasteiger partial charge in [0.1, 0.15) is 17.3 Å². The number of nitrogens with two attached hydrogens (primary N) is 1. The molecule has 3 aromatic rings. The van der Waals surface area contributed by atoms with Crippen LogP contribution in [0.15, 0.2) is 58.3 Å². The lowest BCUT2D eigenvalue weighted by molar-refractivity contribution is -0.143. The zero-order valence-corrected chi connectivity index (χ0v) is 22.3. The van der Waals surface area contributed by atoms with Gasteiger partial charge < -0.3 is 30.3 Å². The molecule has 4 rings (SSSR count). The third-order valence-corrected chi connectivity index (χ3v) is 6.94. The predicted octanol–water partition coefficient (Wildman–Crippen LogP) is 3.88. The van der Waals surface area contributed by atoms with E-state index in [1.54, 1.807) is 17.0 Å². The lowest BCUT2D eigenvalue weighted by Crippen LogP contribution is -2.45. The van der Waals surface area contributed by atoms with Crippen molar-refractivity contribution in [1.29, 1.82) is 0 Å². The predicted molar refractivity (Wildman–Crippen MR) is 142 cm³/mol. The molecule has 1 aliphatic rings. The molecule has 13 heteroatoms. The minimum Gasteiger partial charge on any atom is -0.497 e. The first-order valence-corrected chi connectivity index (χ1v) is 12.9. The highest BCUT2D eigenvalue weighted by molar-refractivity contribution is 7.99. The number of carbonyl (C=O) groups is 1. The van der Waals surface area contributed by atoms with Crippen LogP contribution in [0.2, 0.25) is 0 Å². The third-order valence-electron chi connectivity index (χ3n) is 5.90. The number of carbonyl (C=O) groups excluding carboxylic acids is 1. The van der Waals surface area contributed by atoms with Gasteiger partial charge in [0.25, 0.3) is 0 Å². The Labute approximate surface area is 228 Å². The van der Waals surface area contributed by atoms with Crippen molar-refractivity contribution >= 4 is 29.3 Å². The van der Waals surface area contributed by atoms with Crippen LogP contribution in [0.25, 0.3) is 0 Å². The monoisotopic (exact) mass is 562 g/mol. The number of methoxy groups -OCH3 is 1. The van der Waals surface area contributed by atoms with Gasteiger partial charge in [0.2, 0.25) is 17.7 Å². The molecule has 1 amide bonds. The van der Waals surface area contributed by atoms with Crippen molar-refractivity contribution in [2.75, 3.05) is 57.1 Å². The number of nitrogens with zero attached hydrogens (tertiary/aromatic N) is 4. The lowest BCUT2D eigenvalue weighted by Gasteiger charge is -2.33. The number of aromatic nitrogens is 2. The Kier molecular flexibility index (Phi) is 9.15. The molecule has 1 aromatic heterocycles. The van der Waals surface area contributed by atoms with Gasteiger partial charge in [-0.1, -0.05) is 42.1 Å². The van der Waals surface area contributed by atoms with E-state index in [1.807, 2.05) is 37.4 Å². The number of hydrogen-bond acceptors (Lipinski definition) is 9. The van der Waals surface area contributed by atoms with Gasteiger partial charge in [-0.3, -0.25) is 4.79 Å². The molecule has 0 atom stereocenters. The van der Waals surface area contributed by atoms with Crippen LogP contribution in [0.3, 0.4) is 0 Å². The van der Waals surface area contributed by atoms with Gasteiger partial charge in [-0.15, -0.1) is 0 Å². The SMILES string of the molecule is COc1cc(NC(=O)CN)cc(Sc2c(OCc3ccccc3)nc(N3CCN(C)CC3)nc2C(F)(F)F)c1. The standard InChI is InChI=1S/C26H29F3N6O3S/c1-34-8-10-35(11-9-34)25-32-23(26(27,28)29)22(24(33-25)38-16-17-6-4-3-5-7-17)39-20-13-18(31-21(36)15-30)12-19(14-20)37-2/h3-7,12-14H,8-11,15-16,30H2,1-2H3,(H,31,36). The molecular formula is C26H29F3N6O3S. The summed E-state index contributed by atoms with van der Waals surface area (Å²) in [6, 6.07) is 13.7. The maximum absolute atomic E-state index is 14.5. The lowest BCUT2D eigenvalue weighted by atomic mass is 10.2. The fourth-order valence-electron chi connectivity index (χ4n) is 3.82. The van der Waals surface area contributed by atoms with E-state index < -0.39 is 17.8 Å². The average molecular weight is 563 g/mol. The largest absolute Gasteiger partial charge is 0.497 e. The number of rotatable bonds is 9. The Bertz CT molecular complexity index is 1290. The molecule has 1 saturated heterocycles. The number of likely N-dealkylation sites (N-methyl/N-ethyl adjacent to an activating group) is 1. The second-order valence-corrected chi connectivity index (χ2v) is 9.90. The van der Waals surface area contributed by atoms with Crippen molar-refractivity contribution in [3.8, 4) is 11.6 Å². The first-order valence-electron chi connectivity index (χ1n) is 12.1. The topological polar surface area (TPSA) is 106 Å². The number of ether oxygens (including phenoxy) is 2. The van der Waals surface area contributed by atoms with Gasteiger partial charge in [-0.2, -0.15) is 18.2 Å². The van der Waals surface area contributed by atoms with Gasteiger partial charge in [0.05, 0.1) is 13.7 Å².